The van der Waals surface area contributed by atoms with Gasteiger partial charge in [-0.15, -0.1) is 11.8 Å². The minimum Gasteiger partial charge on any atom is -0.508 e. The quantitative estimate of drug-likeness (QED) is 0.620. The number of thioether (sulfide) groups is 1. The van der Waals surface area contributed by atoms with Gasteiger partial charge in [0.15, 0.2) is 0 Å². The lowest BCUT2D eigenvalue weighted by atomic mass is 10.1. The number of carbonyl (C=O) groups excluding carboxylic acids is 2. The molecule has 2 aliphatic rings. The van der Waals surface area contributed by atoms with Crippen LogP contribution >= 0.6 is 11.8 Å². The molecule has 0 spiro atoms. The number of benzene rings is 2. The Hall–Kier alpha value is -2.47. The van der Waals surface area contributed by atoms with Crippen LogP contribution in [0.25, 0.3) is 0 Å². The van der Waals surface area contributed by atoms with E-state index in [1.807, 2.05) is 0 Å². The van der Waals surface area contributed by atoms with Crippen molar-refractivity contribution >= 4 is 24.1 Å². The normalized spacial score (nSPS) is 16.1. The lowest BCUT2D eigenvalue weighted by Gasteiger charge is -2.32. The molecule has 1 saturated carbocycles. The third kappa shape index (κ3) is 6.30. The Kier molecular flexibility index (Phi) is 7.37. The van der Waals surface area contributed by atoms with Crippen LogP contribution in [0.1, 0.15) is 24.3 Å². The van der Waals surface area contributed by atoms with Crippen molar-refractivity contribution in [3.8, 4) is 5.75 Å². The fourth-order valence-corrected chi connectivity index (χ4v) is 3.80. The summed E-state index contributed by atoms with van der Waals surface area (Å²) in [5.41, 5.74) is 1.53. The fraction of sp³-hybridized carbons (Fsp3) is 0.364. The summed E-state index contributed by atoms with van der Waals surface area (Å²) in [6.45, 7) is 2.43. The van der Waals surface area contributed by atoms with Gasteiger partial charge in [-0.3, -0.25) is 9.59 Å². The molecule has 1 heterocycles. The highest BCUT2D eigenvalue weighted by molar-refractivity contribution is 8.00. The Morgan fingerprint density at radius 2 is 1.64 bits per heavy atom. The van der Waals surface area contributed by atoms with E-state index in [9.17, 15) is 9.59 Å². The average Bonchev–Trinajstić information content (AvgIpc) is 3.60. The molecule has 1 N–H and O–H groups in total. The molecule has 0 bridgehead atoms. The van der Waals surface area contributed by atoms with Crippen LogP contribution in [0, 0.1) is 0 Å². The number of phenols is 1. The lowest BCUT2D eigenvalue weighted by molar-refractivity contribution is -0.132. The molecule has 0 radical (unpaired) electrons. The van der Waals surface area contributed by atoms with E-state index in [4.69, 9.17) is 5.11 Å². The Morgan fingerprint density at radius 3 is 2.21 bits per heavy atom. The zero-order chi connectivity index (χ0) is 19.8. The van der Waals surface area contributed by atoms with Crippen molar-refractivity contribution in [2.45, 2.75) is 23.7 Å². The van der Waals surface area contributed by atoms with Crippen LogP contribution in [0.3, 0.4) is 0 Å². The standard InChI is InChI=1S/C13H16N2O3S.C9H10/c16-10-14-5-7-15(8-6-14)13(18)9-19-12-3-1-11(17)2-4-12;1-2-4-8(5-3-1)9-6-7-9/h1-4,10,17H,5-9H2;1-5,9H,6-7H2. The molecule has 2 fully saturated rings. The maximum absolute atomic E-state index is 12.0. The van der Waals surface area contributed by atoms with Crippen LogP contribution in [-0.4, -0.2) is 59.2 Å². The van der Waals surface area contributed by atoms with Gasteiger partial charge in [-0.05, 0) is 48.6 Å². The van der Waals surface area contributed by atoms with Gasteiger partial charge in [-0.1, -0.05) is 30.3 Å². The van der Waals surface area contributed by atoms with E-state index < -0.39 is 0 Å². The molecular formula is C22H26N2O3S. The summed E-state index contributed by atoms with van der Waals surface area (Å²) in [4.78, 5) is 27.0. The van der Waals surface area contributed by atoms with E-state index in [0.29, 0.717) is 31.9 Å². The first-order valence-corrected chi connectivity index (χ1v) is 10.6. The number of rotatable bonds is 5. The third-order valence-corrected chi connectivity index (χ3v) is 5.86. The second kappa shape index (κ2) is 10.2. The molecule has 2 amide bonds. The van der Waals surface area contributed by atoms with Crippen molar-refractivity contribution in [1.29, 1.82) is 0 Å². The second-order valence-electron chi connectivity index (χ2n) is 6.99. The van der Waals surface area contributed by atoms with E-state index in [1.165, 1.54) is 30.2 Å². The first-order chi connectivity index (χ1) is 13.7. The topological polar surface area (TPSA) is 60.9 Å². The molecule has 148 valence electrons. The van der Waals surface area contributed by atoms with Crippen molar-refractivity contribution < 1.29 is 14.7 Å². The summed E-state index contributed by atoms with van der Waals surface area (Å²) in [6.07, 6.45) is 3.64. The average molecular weight is 399 g/mol. The molecule has 5 nitrogen and oxygen atoms in total. The SMILES string of the molecule is O=CN1CCN(C(=O)CSc2ccc(O)cc2)CC1.c1ccc(C2CC2)cc1. The Labute approximate surface area is 170 Å². The fourth-order valence-electron chi connectivity index (χ4n) is 3.00. The van der Waals surface area contributed by atoms with E-state index >= 15 is 0 Å². The van der Waals surface area contributed by atoms with Crippen LogP contribution in [-0.2, 0) is 9.59 Å². The summed E-state index contributed by atoms with van der Waals surface area (Å²) < 4.78 is 0. The van der Waals surface area contributed by atoms with Gasteiger partial charge in [-0.2, -0.15) is 0 Å². The summed E-state index contributed by atoms with van der Waals surface area (Å²) in [6, 6.07) is 17.5. The molecule has 28 heavy (non-hydrogen) atoms. The van der Waals surface area contributed by atoms with Gasteiger partial charge in [-0.25, -0.2) is 0 Å². The minimum absolute atomic E-state index is 0.0867. The zero-order valence-corrected chi connectivity index (χ0v) is 16.7. The van der Waals surface area contributed by atoms with Gasteiger partial charge in [0.2, 0.25) is 12.3 Å². The summed E-state index contributed by atoms with van der Waals surface area (Å²) in [7, 11) is 0. The van der Waals surface area contributed by atoms with E-state index in [0.717, 1.165) is 17.2 Å². The van der Waals surface area contributed by atoms with Crippen molar-refractivity contribution in [2.75, 3.05) is 31.9 Å². The zero-order valence-electron chi connectivity index (χ0n) is 15.9. The number of hydrogen-bond donors (Lipinski definition) is 1. The molecular weight excluding hydrogens is 372 g/mol. The number of piperazine rings is 1. The van der Waals surface area contributed by atoms with Crippen LogP contribution < -0.4 is 0 Å². The Morgan fingerprint density at radius 1 is 1.00 bits per heavy atom. The monoisotopic (exact) mass is 398 g/mol. The number of carbonyl (C=O) groups is 2. The molecule has 2 aromatic rings. The van der Waals surface area contributed by atoms with E-state index in [2.05, 4.69) is 30.3 Å². The van der Waals surface area contributed by atoms with Gasteiger partial charge in [0.1, 0.15) is 5.75 Å². The van der Waals surface area contributed by atoms with Crippen LogP contribution in [0.2, 0.25) is 0 Å². The second-order valence-corrected chi connectivity index (χ2v) is 8.04. The molecule has 1 aliphatic heterocycles. The Bertz CT molecular complexity index is 755. The van der Waals surface area contributed by atoms with Crippen molar-refractivity contribution in [3.05, 3.63) is 60.2 Å². The van der Waals surface area contributed by atoms with Crippen molar-refractivity contribution in [3.63, 3.8) is 0 Å². The highest BCUT2D eigenvalue weighted by Gasteiger charge is 2.22. The number of hydrogen-bond acceptors (Lipinski definition) is 4. The molecule has 2 aromatic carbocycles. The summed E-state index contributed by atoms with van der Waals surface area (Å²) in [5.74, 6) is 1.60. The van der Waals surface area contributed by atoms with Crippen molar-refractivity contribution in [2.24, 2.45) is 0 Å². The minimum atomic E-state index is 0.0867. The van der Waals surface area contributed by atoms with Crippen molar-refractivity contribution in [1.82, 2.24) is 9.80 Å². The van der Waals surface area contributed by atoms with Gasteiger partial charge in [0, 0.05) is 31.1 Å². The smallest absolute Gasteiger partial charge is 0.233 e. The van der Waals surface area contributed by atoms with Crippen LogP contribution in [0.15, 0.2) is 59.5 Å². The summed E-state index contributed by atoms with van der Waals surface area (Å²) >= 11 is 1.45. The third-order valence-electron chi connectivity index (χ3n) is 4.86. The summed E-state index contributed by atoms with van der Waals surface area (Å²) in [5, 5.41) is 9.17. The van der Waals surface area contributed by atoms with E-state index in [-0.39, 0.29) is 11.7 Å². The lowest BCUT2D eigenvalue weighted by Crippen LogP contribution is -2.48. The molecule has 4 rings (SSSR count). The van der Waals surface area contributed by atoms with Gasteiger partial charge >= 0.3 is 0 Å². The van der Waals surface area contributed by atoms with E-state index in [1.54, 1.807) is 34.1 Å². The predicted molar refractivity (Wildman–Crippen MR) is 111 cm³/mol. The maximum atomic E-state index is 12.0. The van der Waals surface area contributed by atoms with Gasteiger partial charge < -0.3 is 14.9 Å². The maximum Gasteiger partial charge on any atom is 0.233 e. The number of phenolic OH excluding ortho intramolecular Hbond substituents is 1. The molecule has 0 aromatic heterocycles. The number of amides is 2. The van der Waals surface area contributed by atoms with Crippen LogP contribution in [0.4, 0.5) is 0 Å². The first-order valence-electron chi connectivity index (χ1n) is 9.59. The highest BCUT2D eigenvalue weighted by Crippen LogP contribution is 2.39. The molecule has 1 aliphatic carbocycles. The molecule has 0 unspecified atom stereocenters. The highest BCUT2D eigenvalue weighted by atomic mass is 32.2. The van der Waals surface area contributed by atoms with Crippen LogP contribution in [0.5, 0.6) is 5.75 Å². The number of aromatic hydroxyl groups is 1. The van der Waals surface area contributed by atoms with Gasteiger partial charge in [0.05, 0.1) is 5.75 Å². The van der Waals surface area contributed by atoms with Gasteiger partial charge in [0.25, 0.3) is 0 Å². The molecule has 1 saturated heterocycles. The molecule has 0 atom stereocenters. The molecule has 6 heteroatoms. The largest absolute Gasteiger partial charge is 0.508 e. The number of nitrogens with zero attached hydrogens (tertiary/aromatic N) is 2. The first kappa shape index (κ1) is 20.3. The predicted octanol–water partition coefficient (Wildman–Crippen LogP) is 3.35. The Balaban J connectivity index is 0.000000206.